The highest BCUT2D eigenvalue weighted by Gasteiger charge is 2.20. The summed E-state index contributed by atoms with van der Waals surface area (Å²) in [5.41, 5.74) is 2.37. The van der Waals surface area contributed by atoms with Gasteiger partial charge in [-0.25, -0.2) is 0 Å². The molecule has 0 amide bonds. The van der Waals surface area contributed by atoms with Gasteiger partial charge in [0.15, 0.2) is 0 Å². The van der Waals surface area contributed by atoms with Crippen LogP contribution in [-0.2, 0) is 6.54 Å². The number of fused-ring (bicyclic) bond motifs is 1. The van der Waals surface area contributed by atoms with Crippen molar-refractivity contribution in [1.29, 1.82) is 0 Å². The summed E-state index contributed by atoms with van der Waals surface area (Å²) in [4.78, 5) is 6.86. The van der Waals surface area contributed by atoms with E-state index in [1.165, 1.54) is 30.2 Å². The number of rotatable bonds is 3. The van der Waals surface area contributed by atoms with Crippen molar-refractivity contribution in [1.82, 2.24) is 9.88 Å². The predicted molar refractivity (Wildman–Crippen MR) is 81.5 cm³/mol. The van der Waals surface area contributed by atoms with Crippen molar-refractivity contribution >= 4 is 10.9 Å². The first-order valence-corrected chi connectivity index (χ1v) is 7.56. The number of pyridine rings is 1. The fraction of sp³-hybridized carbons (Fsp3) is 0.471. The highest BCUT2D eigenvalue weighted by Crippen LogP contribution is 2.22. The molecule has 0 radical (unpaired) electrons. The second kappa shape index (κ2) is 6.33. The van der Waals surface area contributed by atoms with Gasteiger partial charge in [-0.1, -0.05) is 31.0 Å². The van der Waals surface area contributed by atoms with Gasteiger partial charge >= 0.3 is 0 Å². The molecule has 2 heterocycles. The van der Waals surface area contributed by atoms with E-state index in [4.69, 9.17) is 0 Å². The molecule has 1 atom stereocenters. The molecule has 3 nitrogen and oxygen atoms in total. The van der Waals surface area contributed by atoms with E-state index >= 15 is 0 Å². The van der Waals surface area contributed by atoms with Crippen LogP contribution >= 0.6 is 0 Å². The van der Waals surface area contributed by atoms with Gasteiger partial charge in [0.05, 0.1) is 12.1 Å². The molecule has 1 aromatic carbocycles. The molecule has 1 unspecified atom stereocenters. The summed E-state index contributed by atoms with van der Waals surface area (Å²) in [6.07, 6.45) is 6.76. The molecule has 106 valence electrons. The Hall–Kier alpha value is -1.45. The zero-order valence-electron chi connectivity index (χ0n) is 11.8. The number of aliphatic hydroxyl groups excluding tert-OH is 1. The lowest BCUT2D eigenvalue weighted by molar-refractivity contribution is 0.119. The average Bonchev–Trinajstić information content (AvgIpc) is 2.72. The van der Waals surface area contributed by atoms with Crippen molar-refractivity contribution in [2.45, 2.75) is 38.3 Å². The molecule has 0 saturated carbocycles. The van der Waals surface area contributed by atoms with Gasteiger partial charge < -0.3 is 5.11 Å². The Kier molecular flexibility index (Phi) is 4.28. The van der Waals surface area contributed by atoms with Gasteiger partial charge in [-0.3, -0.25) is 9.88 Å². The van der Waals surface area contributed by atoms with Crippen LogP contribution in [0.4, 0.5) is 0 Å². The molecule has 1 aliphatic heterocycles. The van der Waals surface area contributed by atoms with Gasteiger partial charge in [-0.05, 0) is 37.1 Å². The number of aliphatic hydroxyl groups is 1. The highest BCUT2D eigenvalue weighted by atomic mass is 16.3. The number of hydrogen-bond acceptors (Lipinski definition) is 3. The lowest BCUT2D eigenvalue weighted by Crippen LogP contribution is -2.36. The molecule has 1 fully saturated rings. The molecular formula is C17H22N2O. The molecule has 3 heteroatoms. The molecule has 1 saturated heterocycles. The van der Waals surface area contributed by atoms with Crippen LogP contribution in [0.5, 0.6) is 0 Å². The monoisotopic (exact) mass is 270 g/mol. The van der Waals surface area contributed by atoms with Crippen LogP contribution in [-0.4, -0.2) is 34.2 Å². The van der Waals surface area contributed by atoms with Crippen LogP contribution in [0.2, 0.25) is 0 Å². The zero-order chi connectivity index (χ0) is 13.8. The second-order valence-corrected chi connectivity index (χ2v) is 5.64. The van der Waals surface area contributed by atoms with E-state index < -0.39 is 0 Å². The average molecular weight is 270 g/mol. The molecule has 0 bridgehead atoms. The normalized spacial score (nSPS) is 20.9. The number of hydrogen-bond donors (Lipinski definition) is 1. The molecular weight excluding hydrogens is 248 g/mol. The van der Waals surface area contributed by atoms with E-state index in [0.29, 0.717) is 6.04 Å². The molecule has 3 rings (SSSR count). The largest absolute Gasteiger partial charge is 0.395 e. The number of benzene rings is 1. The van der Waals surface area contributed by atoms with Gasteiger partial charge in [0.1, 0.15) is 0 Å². The van der Waals surface area contributed by atoms with Gasteiger partial charge in [-0.15, -0.1) is 0 Å². The van der Waals surface area contributed by atoms with Crippen molar-refractivity contribution in [3.05, 3.63) is 42.1 Å². The Labute approximate surface area is 120 Å². The Balaban J connectivity index is 1.87. The first-order valence-electron chi connectivity index (χ1n) is 7.56. The van der Waals surface area contributed by atoms with E-state index in [9.17, 15) is 5.11 Å². The Morgan fingerprint density at radius 3 is 2.95 bits per heavy atom. The fourth-order valence-corrected chi connectivity index (χ4v) is 3.16. The third-order valence-electron chi connectivity index (χ3n) is 4.32. The molecule has 1 aliphatic rings. The minimum atomic E-state index is 0.267. The van der Waals surface area contributed by atoms with Gasteiger partial charge in [-0.2, -0.15) is 0 Å². The van der Waals surface area contributed by atoms with Gasteiger partial charge in [0.2, 0.25) is 0 Å². The SMILES string of the molecule is OCC1CCCCCN1Cc1ccnc2ccccc12. The standard InChI is InChI=1S/C17H22N2O/c20-13-15-6-2-1-5-11-19(15)12-14-9-10-18-17-8-4-3-7-16(14)17/h3-4,7-10,15,20H,1-2,5-6,11-13H2. The minimum absolute atomic E-state index is 0.267. The van der Waals surface area contributed by atoms with Crippen LogP contribution in [0.3, 0.4) is 0 Å². The zero-order valence-corrected chi connectivity index (χ0v) is 11.8. The van der Waals surface area contributed by atoms with Crippen LogP contribution in [0.15, 0.2) is 36.5 Å². The Morgan fingerprint density at radius 2 is 2.05 bits per heavy atom. The van der Waals surface area contributed by atoms with E-state index in [-0.39, 0.29) is 6.61 Å². The lowest BCUT2D eigenvalue weighted by atomic mass is 10.1. The molecule has 2 aromatic rings. The van der Waals surface area contributed by atoms with E-state index in [0.717, 1.165) is 25.0 Å². The topological polar surface area (TPSA) is 36.4 Å². The number of para-hydroxylation sites is 1. The Morgan fingerprint density at radius 1 is 1.15 bits per heavy atom. The summed E-state index contributed by atoms with van der Waals surface area (Å²) in [7, 11) is 0. The van der Waals surface area contributed by atoms with E-state index in [2.05, 4.69) is 34.1 Å². The van der Waals surface area contributed by atoms with E-state index in [1.807, 2.05) is 12.3 Å². The van der Waals surface area contributed by atoms with Crippen LogP contribution < -0.4 is 0 Å². The summed E-state index contributed by atoms with van der Waals surface area (Å²) in [6, 6.07) is 10.7. The number of likely N-dealkylation sites (tertiary alicyclic amines) is 1. The van der Waals surface area contributed by atoms with Crippen molar-refractivity contribution in [3.8, 4) is 0 Å². The van der Waals surface area contributed by atoms with E-state index in [1.54, 1.807) is 0 Å². The maximum Gasteiger partial charge on any atom is 0.0705 e. The molecule has 1 aromatic heterocycles. The van der Waals surface area contributed by atoms with Crippen molar-refractivity contribution in [3.63, 3.8) is 0 Å². The molecule has 20 heavy (non-hydrogen) atoms. The quantitative estimate of drug-likeness (QED) is 0.931. The summed E-state index contributed by atoms with van der Waals surface area (Å²) in [5.74, 6) is 0. The van der Waals surface area contributed by atoms with Crippen LogP contribution in [0, 0.1) is 0 Å². The smallest absolute Gasteiger partial charge is 0.0705 e. The fourth-order valence-electron chi connectivity index (χ4n) is 3.16. The Bertz CT molecular complexity index is 564. The van der Waals surface area contributed by atoms with Crippen LogP contribution in [0.1, 0.15) is 31.2 Å². The number of aromatic nitrogens is 1. The summed E-state index contributed by atoms with van der Waals surface area (Å²) < 4.78 is 0. The van der Waals surface area contributed by atoms with Gasteiger partial charge in [0.25, 0.3) is 0 Å². The first-order chi connectivity index (χ1) is 9.88. The molecule has 0 aliphatic carbocycles. The van der Waals surface area contributed by atoms with Crippen molar-refractivity contribution < 1.29 is 5.11 Å². The molecule has 0 spiro atoms. The van der Waals surface area contributed by atoms with Crippen molar-refractivity contribution in [2.24, 2.45) is 0 Å². The third-order valence-corrected chi connectivity index (χ3v) is 4.32. The predicted octanol–water partition coefficient (Wildman–Crippen LogP) is 2.97. The first kappa shape index (κ1) is 13.5. The molecule has 1 N–H and O–H groups in total. The highest BCUT2D eigenvalue weighted by molar-refractivity contribution is 5.81. The van der Waals surface area contributed by atoms with Crippen LogP contribution in [0.25, 0.3) is 10.9 Å². The summed E-state index contributed by atoms with van der Waals surface area (Å²) in [6.45, 7) is 2.26. The van der Waals surface area contributed by atoms with Crippen molar-refractivity contribution in [2.75, 3.05) is 13.2 Å². The number of nitrogens with zero attached hydrogens (tertiary/aromatic N) is 2. The maximum atomic E-state index is 9.62. The summed E-state index contributed by atoms with van der Waals surface area (Å²) in [5, 5.41) is 10.9. The van der Waals surface area contributed by atoms with Gasteiger partial charge in [0, 0.05) is 24.2 Å². The lowest BCUT2D eigenvalue weighted by Gasteiger charge is -2.28. The summed E-state index contributed by atoms with van der Waals surface area (Å²) >= 11 is 0. The third kappa shape index (κ3) is 2.84. The second-order valence-electron chi connectivity index (χ2n) is 5.64. The minimum Gasteiger partial charge on any atom is -0.395 e. The maximum absolute atomic E-state index is 9.62.